The van der Waals surface area contributed by atoms with Crippen LogP contribution >= 0.6 is 11.6 Å². The fraction of sp³-hybridized carbons (Fsp3) is 0.273. The van der Waals surface area contributed by atoms with Gasteiger partial charge in [0.05, 0.1) is 12.7 Å². The van der Waals surface area contributed by atoms with E-state index in [1.165, 1.54) is 6.26 Å². The summed E-state index contributed by atoms with van der Waals surface area (Å²) in [5.74, 6) is 0.199. The number of hydrogen-bond acceptors (Lipinski definition) is 8. The van der Waals surface area contributed by atoms with Gasteiger partial charge in [0.15, 0.2) is 12.4 Å². The molecule has 0 N–H and O–H groups in total. The van der Waals surface area contributed by atoms with E-state index < -0.39 is 5.97 Å². The Labute approximate surface area is 188 Å². The molecule has 3 aromatic rings. The fourth-order valence-electron chi connectivity index (χ4n) is 3.35. The first-order chi connectivity index (χ1) is 15.5. The van der Waals surface area contributed by atoms with E-state index in [4.69, 9.17) is 25.2 Å². The van der Waals surface area contributed by atoms with Crippen LogP contribution in [0.5, 0.6) is 0 Å². The fourth-order valence-corrected chi connectivity index (χ4v) is 3.55. The van der Waals surface area contributed by atoms with Gasteiger partial charge in [0.2, 0.25) is 11.6 Å². The molecule has 0 radical (unpaired) electrons. The van der Waals surface area contributed by atoms with E-state index in [1.807, 2.05) is 11.0 Å². The predicted molar refractivity (Wildman–Crippen MR) is 114 cm³/mol. The Balaban J connectivity index is 1.29. The Morgan fingerprint density at radius 1 is 1.16 bits per heavy atom. The number of furan rings is 1. The van der Waals surface area contributed by atoms with Gasteiger partial charge in [-0.05, 0) is 23.8 Å². The molecule has 1 aliphatic heterocycles. The molecule has 1 aliphatic rings. The van der Waals surface area contributed by atoms with Crippen molar-refractivity contribution in [1.29, 1.82) is 5.26 Å². The van der Waals surface area contributed by atoms with Gasteiger partial charge in [-0.15, -0.1) is 0 Å². The molecular weight excluding hydrogens is 436 g/mol. The normalized spacial score (nSPS) is 13.6. The van der Waals surface area contributed by atoms with Gasteiger partial charge in [-0.3, -0.25) is 9.59 Å². The average molecular weight is 455 g/mol. The van der Waals surface area contributed by atoms with E-state index >= 15 is 0 Å². The Bertz CT molecular complexity index is 1140. The number of nitriles is 1. The molecule has 2 aromatic heterocycles. The van der Waals surface area contributed by atoms with Crippen LogP contribution in [0, 0.1) is 11.3 Å². The number of nitrogens with zero attached hydrogens (tertiary/aromatic N) is 4. The lowest BCUT2D eigenvalue weighted by Gasteiger charge is -2.34. The van der Waals surface area contributed by atoms with Crippen LogP contribution in [-0.4, -0.2) is 54.5 Å². The lowest BCUT2D eigenvalue weighted by Crippen LogP contribution is -2.50. The van der Waals surface area contributed by atoms with Crippen LogP contribution in [0.3, 0.4) is 0 Å². The zero-order valence-corrected chi connectivity index (χ0v) is 17.7. The maximum atomic E-state index is 12.5. The molecule has 164 valence electrons. The van der Waals surface area contributed by atoms with Gasteiger partial charge in [0, 0.05) is 31.2 Å². The van der Waals surface area contributed by atoms with E-state index in [1.54, 1.807) is 41.3 Å². The monoisotopic (exact) mass is 454 g/mol. The van der Waals surface area contributed by atoms with Crippen LogP contribution in [0.25, 0.3) is 11.7 Å². The summed E-state index contributed by atoms with van der Waals surface area (Å²) in [6.45, 7) is 1.34. The number of carbonyl (C=O) groups excluding carboxylic acids is 2. The predicted octanol–water partition coefficient (Wildman–Crippen LogP) is 2.89. The van der Waals surface area contributed by atoms with E-state index in [-0.39, 0.29) is 30.5 Å². The number of hydrogen-bond donors (Lipinski definition) is 0. The van der Waals surface area contributed by atoms with Crippen LogP contribution in [0.2, 0.25) is 5.02 Å². The molecule has 9 nitrogen and oxygen atoms in total. The second-order valence-electron chi connectivity index (χ2n) is 7.06. The molecule has 0 aliphatic carbocycles. The maximum absolute atomic E-state index is 12.5. The number of rotatable bonds is 6. The van der Waals surface area contributed by atoms with Crippen molar-refractivity contribution in [1.82, 2.24) is 9.88 Å². The topological polar surface area (TPSA) is 113 Å². The van der Waals surface area contributed by atoms with Crippen LogP contribution in [0.15, 0.2) is 51.5 Å². The Hall–Kier alpha value is -3.77. The highest BCUT2D eigenvalue weighted by Gasteiger charge is 2.27. The second kappa shape index (κ2) is 9.58. The Morgan fingerprint density at radius 3 is 2.62 bits per heavy atom. The van der Waals surface area contributed by atoms with Crippen LogP contribution in [0.1, 0.15) is 11.3 Å². The van der Waals surface area contributed by atoms with E-state index in [0.29, 0.717) is 48.4 Å². The van der Waals surface area contributed by atoms with Crippen molar-refractivity contribution in [2.75, 3.05) is 37.7 Å². The summed E-state index contributed by atoms with van der Waals surface area (Å²) in [6.07, 6.45) is 1.50. The summed E-state index contributed by atoms with van der Waals surface area (Å²) in [7, 11) is 0. The summed E-state index contributed by atoms with van der Waals surface area (Å²) >= 11 is 6.04. The van der Waals surface area contributed by atoms with Crippen molar-refractivity contribution in [2.45, 2.75) is 6.42 Å². The maximum Gasteiger partial charge on any atom is 0.310 e. The lowest BCUT2D eigenvalue weighted by molar-refractivity contribution is -0.151. The molecule has 10 heteroatoms. The molecule has 0 spiro atoms. The average Bonchev–Trinajstić information content (AvgIpc) is 3.49. The molecule has 32 heavy (non-hydrogen) atoms. The number of oxazole rings is 1. The van der Waals surface area contributed by atoms with Crippen molar-refractivity contribution in [3.05, 3.63) is 58.9 Å². The van der Waals surface area contributed by atoms with Gasteiger partial charge >= 0.3 is 5.97 Å². The molecule has 0 unspecified atom stereocenters. The van der Waals surface area contributed by atoms with Crippen molar-refractivity contribution in [3.8, 4) is 17.7 Å². The number of anilines is 1. The highest BCUT2D eigenvalue weighted by molar-refractivity contribution is 6.31. The zero-order valence-electron chi connectivity index (χ0n) is 17.0. The molecular formula is C22H19ClN4O5. The van der Waals surface area contributed by atoms with Crippen molar-refractivity contribution >= 4 is 29.4 Å². The largest absolute Gasteiger partial charge is 0.459 e. The third-order valence-electron chi connectivity index (χ3n) is 5.02. The number of halogens is 1. The van der Waals surface area contributed by atoms with Gasteiger partial charge in [0.1, 0.15) is 6.07 Å². The summed E-state index contributed by atoms with van der Waals surface area (Å²) in [5, 5.41) is 9.87. The van der Waals surface area contributed by atoms with Crippen LogP contribution < -0.4 is 4.90 Å². The van der Waals surface area contributed by atoms with Gasteiger partial charge in [-0.2, -0.15) is 10.2 Å². The number of ether oxygens (including phenoxy) is 1. The van der Waals surface area contributed by atoms with Gasteiger partial charge in [0.25, 0.3) is 11.8 Å². The minimum absolute atomic E-state index is 0.00115. The number of carbonyl (C=O) groups is 2. The molecule has 0 saturated carbocycles. The third kappa shape index (κ3) is 4.76. The number of esters is 1. The first kappa shape index (κ1) is 21.5. The number of benzene rings is 1. The number of piperazine rings is 1. The van der Waals surface area contributed by atoms with Gasteiger partial charge in [-0.25, -0.2) is 0 Å². The standard InChI is InChI=1S/C22H19ClN4O5/c23-16-5-2-1-4-15(16)12-20(29)31-14-19(28)26-7-9-27(10-8-26)22-17(13-24)25-21(32-22)18-6-3-11-30-18/h1-6,11H,7-10,12,14H2. The second-order valence-corrected chi connectivity index (χ2v) is 7.47. The quantitative estimate of drug-likeness (QED) is 0.522. The smallest absolute Gasteiger partial charge is 0.310 e. The minimum Gasteiger partial charge on any atom is -0.459 e. The zero-order chi connectivity index (χ0) is 22.5. The molecule has 1 fully saturated rings. The molecule has 0 bridgehead atoms. The highest BCUT2D eigenvalue weighted by Crippen LogP contribution is 2.29. The van der Waals surface area contributed by atoms with E-state index in [0.717, 1.165) is 0 Å². The van der Waals surface area contributed by atoms with Crippen LogP contribution in [-0.2, 0) is 20.7 Å². The molecule has 1 saturated heterocycles. The molecule has 3 heterocycles. The van der Waals surface area contributed by atoms with Crippen molar-refractivity contribution < 1.29 is 23.2 Å². The van der Waals surface area contributed by atoms with Crippen LogP contribution in [0.4, 0.5) is 5.88 Å². The van der Waals surface area contributed by atoms with E-state index in [2.05, 4.69) is 4.98 Å². The van der Waals surface area contributed by atoms with E-state index in [9.17, 15) is 14.9 Å². The van der Waals surface area contributed by atoms with Gasteiger partial charge in [-0.1, -0.05) is 29.8 Å². The van der Waals surface area contributed by atoms with Crippen molar-refractivity contribution in [3.63, 3.8) is 0 Å². The molecule has 4 rings (SSSR count). The summed E-state index contributed by atoms with van der Waals surface area (Å²) in [6, 6.07) is 12.4. The molecule has 1 amide bonds. The summed E-state index contributed by atoms with van der Waals surface area (Å²) < 4.78 is 16.1. The molecule has 1 aromatic carbocycles. The number of aromatic nitrogens is 1. The summed E-state index contributed by atoms with van der Waals surface area (Å²) in [5.41, 5.74) is 0.805. The third-order valence-corrected chi connectivity index (χ3v) is 5.38. The Kier molecular flexibility index (Phi) is 6.42. The highest BCUT2D eigenvalue weighted by atomic mass is 35.5. The SMILES string of the molecule is N#Cc1nc(-c2ccco2)oc1N1CCN(C(=O)COC(=O)Cc2ccccc2Cl)CC1. The summed E-state index contributed by atoms with van der Waals surface area (Å²) in [4.78, 5) is 32.1. The Morgan fingerprint density at radius 2 is 1.94 bits per heavy atom. The lowest BCUT2D eigenvalue weighted by atomic mass is 10.1. The first-order valence-corrected chi connectivity index (χ1v) is 10.3. The van der Waals surface area contributed by atoms with Gasteiger partial charge < -0.3 is 23.4 Å². The molecule has 0 atom stereocenters. The minimum atomic E-state index is -0.518. The first-order valence-electron chi connectivity index (χ1n) is 9.91. The van der Waals surface area contributed by atoms with Crippen molar-refractivity contribution in [2.24, 2.45) is 0 Å². The number of amides is 1.